The molecule has 0 aromatic carbocycles. The molecule has 0 N–H and O–H groups in total. The zero-order valence-electron chi connectivity index (χ0n) is 17.1. The Hall–Kier alpha value is -1.23. The van der Waals surface area contributed by atoms with Crippen molar-refractivity contribution in [2.45, 2.75) is 78.8 Å². The van der Waals surface area contributed by atoms with E-state index < -0.39 is 16.1 Å². The molecule has 0 heterocycles. The molecule has 132 valence electrons. The van der Waals surface area contributed by atoms with Gasteiger partial charge in [-0.3, -0.25) is 0 Å². The van der Waals surface area contributed by atoms with Gasteiger partial charge in [0.25, 0.3) is 0 Å². The summed E-state index contributed by atoms with van der Waals surface area (Å²) in [7, 11) is -2.81. The van der Waals surface area contributed by atoms with Gasteiger partial charge in [0.2, 0.25) is 0 Å². The smallest absolute Gasteiger partial charge is 0.127 e. The first-order chi connectivity index (χ1) is 11.1. The van der Waals surface area contributed by atoms with Gasteiger partial charge in [-0.25, -0.2) is 0 Å². The van der Waals surface area contributed by atoms with Crippen molar-refractivity contribution in [1.82, 2.24) is 0 Å². The summed E-state index contributed by atoms with van der Waals surface area (Å²) in [5.74, 6) is 6.90. The molecule has 0 aliphatic heterocycles. The Kier molecular flexibility index (Phi) is 10.8. The Balaban J connectivity index is 6.05. The van der Waals surface area contributed by atoms with Crippen LogP contribution < -0.4 is 0 Å². The van der Waals surface area contributed by atoms with Crippen LogP contribution in [-0.4, -0.2) is 16.1 Å². The topological polar surface area (TPSA) is 0 Å². The average molecular weight is 357 g/mol. The van der Waals surface area contributed by atoms with Gasteiger partial charge in [0.1, 0.15) is 16.1 Å². The lowest BCUT2D eigenvalue weighted by Gasteiger charge is -2.06. The minimum Gasteiger partial charge on any atom is -0.127 e. The van der Waals surface area contributed by atoms with E-state index in [0.29, 0.717) is 0 Å². The number of rotatable bonds is 6. The lowest BCUT2D eigenvalue weighted by Crippen LogP contribution is -2.16. The number of allylic oxidation sites excluding steroid dienone is 6. The lowest BCUT2D eigenvalue weighted by molar-refractivity contribution is 0.957. The van der Waals surface area contributed by atoms with Gasteiger partial charge < -0.3 is 0 Å². The molecule has 0 atom stereocenters. The SMILES string of the molecule is CCC/C=C/C(C#C[Si](C)(C)C)=C(C#C[Si](C)(C)C)/C=C/CCC. The molecule has 0 spiro atoms. The number of unbranched alkanes of at least 4 members (excludes halogenated alkanes) is 2. The maximum atomic E-state index is 3.51. The van der Waals surface area contributed by atoms with Crippen LogP contribution in [0.3, 0.4) is 0 Å². The average Bonchev–Trinajstić information content (AvgIpc) is 2.45. The van der Waals surface area contributed by atoms with Crippen molar-refractivity contribution in [3.8, 4) is 22.9 Å². The summed E-state index contributed by atoms with van der Waals surface area (Å²) in [4.78, 5) is 0. The third-order valence-electron chi connectivity index (χ3n) is 2.91. The van der Waals surface area contributed by atoms with Crippen molar-refractivity contribution >= 4 is 16.1 Å². The minimum atomic E-state index is -1.40. The highest BCUT2D eigenvalue weighted by Gasteiger charge is 2.09. The molecule has 24 heavy (non-hydrogen) atoms. The van der Waals surface area contributed by atoms with E-state index in [4.69, 9.17) is 0 Å². The molecule has 0 fully saturated rings. The van der Waals surface area contributed by atoms with Crippen LogP contribution in [0, 0.1) is 22.9 Å². The standard InChI is InChI=1S/C22H36Si2/c1-9-11-13-15-21(17-19-23(3,4)5)22(16-14-12-10-2)18-20-24(6,7)8/h13-16H,9-12H2,1-8H3/b15-13+,16-14+,22-21+. The third kappa shape index (κ3) is 13.2. The fourth-order valence-electron chi connectivity index (χ4n) is 1.64. The Morgan fingerprint density at radius 3 is 1.25 bits per heavy atom. The van der Waals surface area contributed by atoms with Crippen LogP contribution in [0.2, 0.25) is 39.3 Å². The first-order valence-corrected chi connectivity index (χ1v) is 16.2. The van der Waals surface area contributed by atoms with Crippen molar-refractivity contribution in [1.29, 1.82) is 0 Å². The highest BCUT2D eigenvalue weighted by Crippen LogP contribution is 2.11. The quantitative estimate of drug-likeness (QED) is 0.280. The Morgan fingerprint density at radius 1 is 0.667 bits per heavy atom. The van der Waals surface area contributed by atoms with Gasteiger partial charge in [-0.1, -0.05) is 90.0 Å². The van der Waals surface area contributed by atoms with E-state index in [-0.39, 0.29) is 0 Å². The molecule has 0 bridgehead atoms. The molecular formula is C22H36Si2. The van der Waals surface area contributed by atoms with Gasteiger partial charge in [-0.2, -0.15) is 0 Å². The molecular weight excluding hydrogens is 320 g/mol. The van der Waals surface area contributed by atoms with E-state index in [9.17, 15) is 0 Å². The van der Waals surface area contributed by atoms with Crippen LogP contribution >= 0.6 is 0 Å². The van der Waals surface area contributed by atoms with Crippen molar-refractivity contribution in [2.75, 3.05) is 0 Å². The van der Waals surface area contributed by atoms with E-state index in [1.165, 1.54) is 0 Å². The molecule has 0 nitrogen and oxygen atoms in total. The molecule has 0 amide bonds. The van der Waals surface area contributed by atoms with Crippen LogP contribution in [-0.2, 0) is 0 Å². The van der Waals surface area contributed by atoms with Crippen molar-refractivity contribution in [3.63, 3.8) is 0 Å². The Bertz CT molecular complexity index is 528. The van der Waals surface area contributed by atoms with Crippen LogP contribution in [0.5, 0.6) is 0 Å². The highest BCUT2D eigenvalue weighted by atomic mass is 28.3. The van der Waals surface area contributed by atoms with E-state index in [1.54, 1.807) is 0 Å². The monoisotopic (exact) mass is 356 g/mol. The second kappa shape index (κ2) is 11.3. The molecule has 0 unspecified atom stereocenters. The summed E-state index contributed by atoms with van der Waals surface area (Å²) < 4.78 is 0. The second-order valence-corrected chi connectivity index (χ2v) is 17.7. The lowest BCUT2D eigenvalue weighted by atomic mass is 10.1. The van der Waals surface area contributed by atoms with Crippen molar-refractivity contribution in [3.05, 3.63) is 35.5 Å². The summed E-state index contributed by atoms with van der Waals surface area (Å²) in [6.45, 7) is 18.1. The van der Waals surface area contributed by atoms with E-state index in [1.807, 2.05) is 0 Å². The van der Waals surface area contributed by atoms with Gasteiger partial charge in [0.15, 0.2) is 0 Å². The normalized spacial score (nSPS) is 13.3. The molecule has 2 heteroatoms. The van der Waals surface area contributed by atoms with Gasteiger partial charge >= 0.3 is 0 Å². The Labute approximate surface area is 153 Å². The maximum absolute atomic E-state index is 3.51. The van der Waals surface area contributed by atoms with Crippen LogP contribution in [0.15, 0.2) is 35.5 Å². The molecule has 0 saturated heterocycles. The van der Waals surface area contributed by atoms with Gasteiger partial charge in [0, 0.05) is 11.1 Å². The predicted molar refractivity (Wildman–Crippen MR) is 117 cm³/mol. The molecule has 0 aromatic heterocycles. The minimum absolute atomic E-state index is 1.09. The molecule has 0 aromatic rings. The van der Waals surface area contributed by atoms with Crippen molar-refractivity contribution < 1.29 is 0 Å². The van der Waals surface area contributed by atoms with E-state index in [0.717, 1.165) is 36.8 Å². The first-order valence-electron chi connectivity index (χ1n) is 9.22. The summed E-state index contributed by atoms with van der Waals surface area (Å²) in [5.41, 5.74) is 9.19. The Morgan fingerprint density at radius 2 is 1.00 bits per heavy atom. The summed E-state index contributed by atoms with van der Waals surface area (Å²) in [6, 6.07) is 0. The summed E-state index contributed by atoms with van der Waals surface area (Å²) in [6.07, 6.45) is 13.3. The number of hydrogen-bond acceptors (Lipinski definition) is 0. The first kappa shape index (κ1) is 22.8. The molecule has 0 rings (SSSR count). The molecule has 0 aliphatic rings. The zero-order valence-corrected chi connectivity index (χ0v) is 19.1. The van der Waals surface area contributed by atoms with Crippen LogP contribution in [0.25, 0.3) is 0 Å². The van der Waals surface area contributed by atoms with E-state index in [2.05, 4.69) is 100 Å². The highest BCUT2D eigenvalue weighted by molar-refractivity contribution is 6.84. The fraction of sp³-hybridized carbons (Fsp3) is 0.545. The third-order valence-corrected chi connectivity index (χ3v) is 4.66. The second-order valence-electron chi connectivity index (χ2n) is 8.21. The van der Waals surface area contributed by atoms with E-state index >= 15 is 0 Å². The fourth-order valence-corrected chi connectivity index (χ4v) is 2.66. The zero-order chi connectivity index (χ0) is 18.6. The molecule has 0 saturated carbocycles. The number of hydrogen-bond donors (Lipinski definition) is 0. The summed E-state index contributed by atoms with van der Waals surface area (Å²) >= 11 is 0. The molecule has 0 radical (unpaired) electrons. The van der Waals surface area contributed by atoms with Crippen molar-refractivity contribution in [2.24, 2.45) is 0 Å². The van der Waals surface area contributed by atoms with Gasteiger partial charge in [-0.05, 0) is 25.0 Å². The largest absolute Gasteiger partial charge is 0.129 e. The van der Waals surface area contributed by atoms with Crippen LogP contribution in [0.4, 0.5) is 0 Å². The maximum Gasteiger partial charge on any atom is 0.129 e. The summed E-state index contributed by atoms with van der Waals surface area (Å²) in [5, 5.41) is 0. The van der Waals surface area contributed by atoms with Gasteiger partial charge in [-0.15, -0.1) is 11.1 Å². The van der Waals surface area contributed by atoms with Crippen LogP contribution in [0.1, 0.15) is 39.5 Å². The van der Waals surface area contributed by atoms with Gasteiger partial charge in [0.05, 0.1) is 0 Å². The molecule has 0 aliphatic carbocycles. The predicted octanol–water partition coefficient (Wildman–Crippen LogP) is 6.76.